The first-order valence-corrected chi connectivity index (χ1v) is 10.4. The van der Waals surface area contributed by atoms with Gasteiger partial charge in [0.15, 0.2) is 17.0 Å². The molecule has 0 saturated carbocycles. The highest BCUT2D eigenvalue weighted by Gasteiger charge is 2.21. The molecule has 164 valence electrons. The summed E-state index contributed by atoms with van der Waals surface area (Å²) < 4.78 is 7.32. The van der Waals surface area contributed by atoms with E-state index in [1.807, 2.05) is 10.6 Å². The number of methoxy groups -OCH3 is 1. The third kappa shape index (κ3) is 4.73. The maximum Gasteiger partial charge on any atom is 0.229 e. The average molecular weight is 417 g/mol. The van der Waals surface area contributed by atoms with Gasteiger partial charge in [0.05, 0.1) is 26.7 Å². The molecule has 0 saturated heterocycles. The van der Waals surface area contributed by atoms with Gasteiger partial charge in [-0.3, -0.25) is 0 Å². The van der Waals surface area contributed by atoms with Gasteiger partial charge in [0.1, 0.15) is 5.76 Å². The molecule has 1 aliphatic rings. The number of imidazole rings is 1. The number of aromatic nitrogens is 4. The zero-order valence-corrected chi connectivity index (χ0v) is 18.1. The molecule has 2 aromatic rings. The molecule has 9 nitrogen and oxygen atoms in total. The molecule has 0 radical (unpaired) electrons. The van der Waals surface area contributed by atoms with Crippen LogP contribution in [0.15, 0.2) is 30.3 Å². The zero-order valence-electron chi connectivity index (χ0n) is 18.1. The first kappa shape index (κ1) is 22.0. The Hall–Kier alpha value is -2.65. The lowest BCUT2D eigenvalue weighted by molar-refractivity contribution is 0.280. The predicted octanol–water partition coefficient (Wildman–Crippen LogP) is 1.96. The van der Waals surface area contributed by atoms with Gasteiger partial charge in [0.25, 0.3) is 0 Å². The van der Waals surface area contributed by atoms with Gasteiger partial charge >= 0.3 is 0 Å². The summed E-state index contributed by atoms with van der Waals surface area (Å²) in [7, 11) is 1.68. The van der Waals surface area contributed by atoms with Gasteiger partial charge in [0.2, 0.25) is 5.95 Å². The molecule has 3 N–H and O–H groups in total. The van der Waals surface area contributed by atoms with Crippen molar-refractivity contribution in [3.8, 4) is 0 Å². The lowest BCUT2D eigenvalue weighted by Crippen LogP contribution is -2.31. The highest BCUT2D eigenvalue weighted by atomic mass is 16.5. The number of allylic oxidation sites excluding steroid dienone is 2. The van der Waals surface area contributed by atoms with Crippen LogP contribution in [0.3, 0.4) is 0 Å². The number of hydrogen-bond donors (Lipinski definition) is 3. The van der Waals surface area contributed by atoms with Crippen LogP contribution < -0.4 is 10.2 Å². The lowest BCUT2D eigenvalue weighted by atomic mass is 9.89. The summed E-state index contributed by atoms with van der Waals surface area (Å²) in [5, 5.41) is 22.3. The Kier molecular flexibility index (Phi) is 7.28. The summed E-state index contributed by atoms with van der Waals surface area (Å²) in [6.45, 7) is 7.58. The SMILES string of the molecule is COC1=CC(C)C(CNc2nc(N(CCO)CCO)nc3c2ncn3C(C)C)C=C1. The van der Waals surface area contributed by atoms with Crippen LogP contribution in [-0.4, -0.2) is 69.7 Å². The molecule has 2 heterocycles. The van der Waals surface area contributed by atoms with Crippen LogP contribution in [0.1, 0.15) is 26.8 Å². The Morgan fingerprint density at radius 2 is 1.97 bits per heavy atom. The summed E-state index contributed by atoms with van der Waals surface area (Å²) >= 11 is 0. The van der Waals surface area contributed by atoms with Crippen molar-refractivity contribution in [1.29, 1.82) is 0 Å². The van der Waals surface area contributed by atoms with Crippen LogP contribution in [0.4, 0.5) is 11.8 Å². The molecule has 0 spiro atoms. The van der Waals surface area contributed by atoms with Gasteiger partial charge < -0.3 is 29.7 Å². The van der Waals surface area contributed by atoms with E-state index in [1.54, 1.807) is 18.3 Å². The average Bonchev–Trinajstić information content (AvgIpc) is 3.17. The second kappa shape index (κ2) is 9.90. The lowest BCUT2D eigenvalue weighted by Gasteiger charge is -2.24. The van der Waals surface area contributed by atoms with Crippen LogP contribution in [0.2, 0.25) is 0 Å². The van der Waals surface area contributed by atoms with E-state index in [0.717, 1.165) is 11.4 Å². The summed E-state index contributed by atoms with van der Waals surface area (Å²) in [5.41, 5.74) is 1.44. The molecule has 9 heteroatoms. The minimum Gasteiger partial charge on any atom is -0.497 e. The van der Waals surface area contributed by atoms with E-state index < -0.39 is 0 Å². The second-order valence-electron chi connectivity index (χ2n) is 7.76. The van der Waals surface area contributed by atoms with Crippen molar-refractivity contribution in [2.24, 2.45) is 11.8 Å². The molecule has 1 aliphatic carbocycles. The maximum absolute atomic E-state index is 9.42. The third-order valence-corrected chi connectivity index (χ3v) is 5.34. The summed E-state index contributed by atoms with van der Waals surface area (Å²) in [5.74, 6) is 2.60. The van der Waals surface area contributed by atoms with Gasteiger partial charge in [-0.15, -0.1) is 0 Å². The number of anilines is 2. The third-order valence-electron chi connectivity index (χ3n) is 5.34. The Morgan fingerprint density at radius 3 is 2.57 bits per heavy atom. The normalized spacial score (nSPS) is 18.7. The number of rotatable bonds is 10. The Labute approximate surface area is 177 Å². The number of ether oxygens (including phenoxy) is 1. The van der Waals surface area contributed by atoms with Crippen LogP contribution >= 0.6 is 0 Å². The second-order valence-corrected chi connectivity index (χ2v) is 7.76. The van der Waals surface area contributed by atoms with E-state index in [4.69, 9.17) is 14.7 Å². The first-order chi connectivity index (χ1) is 14.5. The summed E-state index contributed by atoms with van der Waals surface area (Å²) in [4.78, 5) is 15.7. The van der Waals surface area contributed by atoms with Crippen molar-refractivity contribution in [1.82, 2.24) is 19.5 Å². The number of aliphatic hydroxyl groups is 2. The fourth-order valence-corrected chi connectivity index (χ4v) is 3.54. The minimum atomic E-state index is -0.0495. The zero-order chi connectivity index (χ0) is 21.7. The van der Waals surface area contributed by atoms with Crippen LogP contribution in [0, 0.1) is 11.8 Å². The van der Waals surface area contributed by atoms with Crippen LogP contribution in [0.5, 0.6) is 0 Å². The summed E-state index contributed by atoms with van der Waals surface area (Å²) in [6, 6.07) is 0.189. The van der Waals surface area contributed by atoms with Crippen molar-refractivity contribution in [3.05, 3.63) is 30.3 Å². The molecule has 0 fully saturated rings. The van der Waals surface area contributed by atoms with Crippen LogP contribution in [0.25, 0.3) is 11.2 Å². The molecular formula is C21H32N6O3. The fourth-order valence-electron chi connectivity index (χ4n) is 3.54. The Balaban J connectivity index is 1.92. The Morgan fingerprint density at radius 1 is 1.23 bits per heavy atom. The van der Waals surface area contributed by atoms with E-state index in [2.05, 4.69) is 43.2 Å². The van der Waals surface area contributed by atoms with Gasteiger partial charge in [-0.2, -0.15) is 9.97 Å². The van der Waals surface area contributed by atoms with Gasteiger partial charge in [-0.05, 0) is 31.9 Å². The fraction of sp³-hybridized carbons (Fsp3) is 0.571. The highest BCUT2D eigenvalue weighted by molar-refractivity contribution is 5.84. The largest absolute Gasteiger partial charge is 0.497 e. The van der Waals surface area contributed by atoms with Crippen molar-refractivity contribution in [2.45, 2.75) is 26.8 Å². The van der Waals surface area contributed by atoms with Gasteiger partial charge in [-0.1, -0.05) is 13.0 Å². The van der Waals surface area contributed by atoms with Crippen molar-refractivity contribution >= 4 is 22.9 Å². The predicted molar refractivity (Wildman–Crippen MR) is 117 cm³/mol. The topological polar surface area (TPSA) is 109 Å². The van der Waals surface area contributed by atoms with Crippen molar-refractivity contribution < 1.29 is 14.9 Å². The van der Waals surface area contributed by atoms with Crippen LogP contribution in [-0.2, 0) is 4.74 Å². The molecule has 2 unspecified atom stereocenters. The molecule has 3 rings (SSSR count). The molecule has 0 amide bonds. The number of nitrogens with zero attached hydrogens (tertiary/aromatic N) is 5. The summed E-state index contributed by atoms with van der Waals surface area (Å²) in [6.07, 6.45) is 8.03. The quantitative estimate of drug-likeness (QED) is 0.539. The number of nitrogens with one attached hydrogen (secondary N) is 1. The van der Waals surface area contributed by atoms with E-state index in [9.17, 15) is 10.2 Å². The van der Waals surface area contributed by atoms with Gasteiger partial charge in [0, 0.05) is 31.6 Å². The molecule has 2 atom stereocenters. The van der Waals surface area contributed by atoms with Gasteiger partial charge in [-0.25, -0.2) is 4.98 Å². The standard InChI is InChI=1S/C21H32N6O3/c1-14(2)27-13-23-18-19(22-12-16-5-6-17(30-4)11-15(16)3)24-21(25-20(18)27)26(7-9-28)8-10-29/h5-6,11,13-16,28-29H,7-10,12H2,1-4H3,(H,22,24,25). The van der Waals surface area contributed by atoms with Crippen molar-refractivity contribution in [3.63, 3.8) is 0 Å². The molecular weight excluding hydrogens is 384 g/mol. The van der Waals surface area contributed by atoms with Crippen molar-refractivity contribution in [2.75, 3.05) is 50.2 Å². The Bertz CT molecular complexity index is 902. The maximum atomic E-state index is 9.42. The monoisotopic (exact) mass is 416 g/mol. The number of aliphatic hydroxyl groups excluding tert-OH is 2. The van der Waals surface area contributed by atoms with E-state index in [0.29, 0.717) is 42.8 Å². The molecule has 0 aromatic carbocycles. The molecule has 2 aromatic heterocycles. The minimum absolute atomic E-state index is 0.0495. The smallest absolute Gasteiger partial charge is 0.229 e. The van der Waals surface area contributed by atoms with E-state index in [-0.39, 0.29) is 25.2 Å². The molecule has 30 heavy (non-hydrogen) atoms. The molecule has 0 bridgehead atoms. The molecule has 0 aliphatic heterocycles. The van der Waals surface area contributed by atoms with E-state index >= 15 is 0 Å². The first-order valence-electron chi connectivity index (χ1n) is 10.4. The van der Waals surface area contributed by atoms with E-state index in [1.165, 1.54) is 0 Å². The number of hydrogen-bond acceptors (Lipinski definition) is 8. The highest BCUT2D eigenvalue weighted by Crippen LogP contribution is 2.27. The number of fused-ring (bicyclic) bond motifs is 1.